The molecule has 2 heterocycles. The molecule has 0 aliphatic carbocycles. The van der Waals surface area contributed by atoms with Crippen molar-refractivity contribution in [3.05, 3.63) is 60.5 Å². The highest BCUT2D eigenvalue weighted by atomic mass is 16.5. The number of amides is 2. The maximum atomic E-state index is 12.4. The number of carbonyl (C=O) groups is 1. The molecule has 1 atom stereocenters. The first-order valence-electron chi connectivity index (χ1n) is 8.86. The molecule has 0 bridgehead atoms. The topological polar surface area (TPSA) is 80.5 Å². The van der Waals surface area contributed by atoms with Crippen LogP contribution in [0.5, 0.6) is 5.75 Å². The largest absolute Gasteiger partial charge is 0.489 e. The highest BCUT2D eigenvalue weighted by Gasteiger charge is 2.27. The average molecular weight is 364 g/mol. The van der Waals surface area contributed by atoms with Crippen LogP contribution in [0.25, 0.3) is 11.4 Å². The Bertz CT molecular complexity index is 908. The average Bonchev–Trinajstić information content (AvgIpc) is 3.32. The van der Waals surface area contributed by atoms with Gasteiger partial charge in [-0.15, -0.1) is 0 Å². The van der Waals surface area contributed by atoms with Crippen LogP contribution in [0.1, 0.15) is 12.3 Å². The van der Waals surface area contributed by atoms with Gasteiger partial charge in [0.2, 0.25) is 11.7 Å². The van der Waals surface area contributed by atoms with Gasteiger partial charge in [-0.05, 0) is 36.4 Å². The predicted molar refractivity (Wildman–Crippen MR) is 101 cm³/mol. The van der Waals surface area contributed by atoms with Crippen LogP contribution in [-0.4, -0.2) is 40.3 Å². The molecule has 4 rings (SSSR count). The fraction of sp³-hybridized carbons (Fsp3) is 0.250. The SMILES string of the molecule is Cc1nc(-c2ccc(OC3CCN(C(=O)Nc4ccccc4)C3)cc2)no1. The quantitative estimate of drug-likeness (QED) is 0.763. The van der Waals surface area contributed by atoms with Crippen molar-refractivity contribution in [3.63, 3.8) is 0 Å². The summed E-state index contributed by atoms with van der Waals surface area (Å²) in [7, 11) is 0. The molecular formula is C20H20N4O3. The van der Waals surface area contributed by atoms with Crippen molar-refractivity contribution in [1.82, 2.24) is 15.0 Å². The van der Waals surface area contributed by atoms with E-state index in [9.17, 15) is 4.79 Å². The van der Waals surface area contributed by atoms with Crippen LogP contribution in [0.4, 0.5) is 10.5 Å². The van der Waals surface area contributed by atoms with Crippen molar-refractivity contribution in [3.8, 4) is 17.1 Å². The van der Waals surface area contributed by atoms with Crippen LogP contribution in [0.15, 0.2) is 59.1 Å². The third-order valence-electron chi connectivity index (χ3n) is 4.40. The van der Waals surface area contributed by atoms with Gasteiger partial charge in [0.1, 0.15) is 11.9 Å². The van der Waals surface area contributed by atoms with Gasteiger partial charge in [-0.2, -0.15) is 4.98 Å². The second-order valence-electron chi connectivity index (χ2n) is 6.43. The van der Waals surface area contributed by atoms with Crippen molar-refractivity contribution < 1.29 is 14.1 Å². The molecule has 2 amide bonds. The smallest absolute Gasteiger partial charge is 0.321 e. The Morgan fingerprint density at radius 2 is 1.96 bits per heavy atom. The molecule has 3 aromatic rings. The van der Waals surface area contributed by atoms with Crippen molar-refractivity contribution in [2.24, 2.45) is 0 Å². The molecule has 1 aliphatic heterocycles. The van der Waals surface area contributed by atoms with E-state index in [1.54, 1.807) is 11.8 Å². The van der Waals surface area contributed by atoms with Crippen molar-refractivity contribution >= 4 is 11.7 Å². The fourth-order valence-electron chi connectivity index (χ4n) is 3.02. The molecule has 7 heteroatoms. The van der Waals surface area contributed by atoms with Gasteiger partial charge >= 0.3 is 6.03 Å². The number of carbonyl (C=O) groups excluding carboxylic acids is 1. The summed E-state index contributed by atoms with van der Waals surface area (Å²) in [6.45, 7) is 2.99. The number of nitrogens with zero attached hydrogens (tertiary/aromatic N) is 3. The maximum Gasteiger partial charge on any atom is 0.321 e. The first-order chi connectivity index (χ1) is 13.2. The van der Waals surface area contributed by atoms with Crippen molar-refractivity contribution in [2.45, 2.75) is 19.4 Å². The van der Waals surface area contributed by atoms with Gasteiger partial charge in [0.05, 0.1) is 6.54 Å². The third kappa shape index (κ3) is 4.08. The van der Waals surface area contributed by atoms with E-state index in [1.807, 2.05) is 54.6 Å². The lowest BCUT2D eigenvalue weighted by atomic mass is 10.2. The number of anilines is 1. The fourth-order valence-corrected chi connectivity index (χ4v) is 3.02. The van der Waals surface area contributed by atoms with E-state index in [0.29, 0.717) is 24.8 Å². The molecule has 1 unspecified atom stereocenters. The van der Waals surface area contributed by atoms with Crippen LogP contribution in [0.2, 0.25) is 0 Å². The van der Waals surface area contributed by atoms with Crippen molar-refractivity contribution in [1.29, 1.82) is 0 Å². The normalized spacial score (nSPS) is 16.3. The molecule has 138 valence electrons. The minimum absolute atomic E-state index is 0.0233. The Kier molecular flexibility index (Phi) is 4.74. The molecule has 1 aromatic heterocycles. The van der Waals surface area contributed by atoms with Crippen LogP contribution >= 0.6 is 0 Å². The van der Waals surface area contributed by atoms with E-state index < -0.39 is 0 Å². The van der Waals surface area contributed by atoms with Gasteiger partial charge < -0.3 is 19.5 Å². The summed E-state index contributed by atoms with van der Waals surface area (Å²) in [5.41, 5.74) is 1.66. The Morgan fingerprint density at radius 3 is 2.67 bits per heavy atom. The summed E-state index contributed by atoms with van der Waals surface area (Å²) in [4.78, 5) is 18.3. The van der Waals surface area contributed by atoms with Gasteiger partial charge in [0.25, 0.3) is 0 Å². The minimum atomic E-state index is -0.102. The van der Waals surface area contributed by atoms with E-state index in [0.717, 1.165) is 23.4 Å². The Hall–Kier alpha value is -3.35. The van der Waals surface area contributed by atoms with Gasteiger partial charge in [-0.1, -0.05) is 23.4 Å². The molecule has 1 fully saturated rings. The van der Waals surface area contributed by atoms with Gasteiger partial charge in [0, 0.05) is 31.1 Å². The monoisotopic (exact) mass is 364 g/mol. The molecule has 0 spiro atoms. The van der Waals surface area contributed by atoms with Gasteiger partial charge in [-0.3, -0.25) is 0 Å². The number of ether oxygens (including phenoxy) is 1. The number of nitrogens with one attached hydrogen (secondary N) is 1. The summed E-state index contributed by atoms with van der Waals surface area (Å²) in [5.74, 6) is 1.85. The molecule has 2 aromatic carbocycles. The van der Waals surface area contributed by atoms with Crippen molar-refractivity contribution in [2.75, 3.05) is 18.4 Å². The number of benzene rings is 2. The molecule has 27 heavy (non-hydrogen) atoms. The first kappa shape index (κ1) is 17.1. The molecule has 1 N–H and O–H groups in total. The third-order valence-corrected chi connectivity index (χ3v) is 4.40. The molecule has 1 saturated heterocycles. The molecule has 0 radical (unpaired) electrons. The Labute approximate surface area is 156 Å². The summed E-state index contributed by atoms with van der Waals surface area (Å²) in [6.07, 6.45) is 0.776. The van der Waals surface area contributed by atoms with Gasteiger partial charge in [-0.25, -0.2) is 4.79 Å². The standard InChI is InChI=1S/C20H20N4O3/c1-14-21-19(23-27-14)15-7-9-17(10-8-15)26-18-11-12-24(13-18)20(25)22-16-5-3-2-4-6-16/h2-10,18H,11-13H2,1H3,(H,22,25). The minimum Gasteiger partial charge on any atom is -0.489 e. The highest BCUT2D eigenvalue weighted by Crippen LogP contribution is 2.23. The highest BCUT2D eigenvalue weighted by molar-refractivity contribution is 5.89. The first-order valence-corrected chi connectivity index (χ1v) is 8.86. The summed E-state index contributed by atoms with van der Waals surface area (Å²) in [5, 5.41) is 6.81. The van der Waals surface area contributed by atoms with E-state index in [1.165, 1.54) is 0 Å². The number of aryl methyl sites for hydroxylation is 1. The zero-order chi connectivity index (χ0) is 18.6. The van der Waals surface area contributed by atoms with E-state index in [4.69, 9.17) is 9.26 Å². The zero-order valence-corrected chi connectivity index (χ0v) is 15.0. The van der Waals surface area contributed by atoms with Crippen LogP contribution in [-0.2, 0) is 0 Å². The predicted octanol–water partition coefficient (Wildman–Crippen LogP) is 3.73. The van der Waals surface area contributed by atoms with Gasteiger partial charge in [0.15, 0.2) is 0 Å². The second-order valence-corrected chi connectivity index (χ2v) is 6.43. The van der Waals surface area contributed by atoms with Crippen LogP contribution in [0, 0.1) is 6.92 Å². The molecule has 1 aliphatic rings. The number of aromatic nitrogens is 2. The Balaban J connectivity index is 1.32. The summed E-state index contributed by atoms with van der Waals surface area (Å²) >= 11 is 0. The molecule has 0 saturated carbocycles. The van der Waals surface area contributed by atoms with E-state index in [-0.39, 0.29) is 12.1 Å². The van der Waals surface area contributed by atoms with E-state index in [2.05, 4.69) is 15.5 Å². The maximum absolute atomic E-state index is 12.4. The number of urea groups is 1. The lowest BCUT2D eigenvalue weighted by Crippen LogP contribution is -2.34. The summed E-state index contributed by atoms with van der Waals surface area (Å²) < 4.78 is 11.0. The van der Waals surface area contributed by atoms with Crippen LogP contribution < -0.4 is 10.1 Å². The number of rotatable bonds is 4. The number of likely N-dealkylation sites (tertiary alicyclic amines) is 1. The molecule has 7 nitrogen and oxygen atoms in total. The van der Waals surface area contributed by atoms with Crippen LogP contribution in [0.3, 0.4) is 0 Å². The molecular weight excluding hydrogens is 344 g/mol. The number of hydrogen-bond donors (Lipinski definition) is 1. The number of hydrogen-bond acceptors (Lipinski definition) is 5. The zero-order valence-electron chi connectivity index (χ0n) is 15.0. The second kappa shape index (κ2) is 7.49. The number of para-hydroxylation sites is 1. The Morgan fingerprint density at radius 1 is 1.19 bits per heavy atom. The van der Waals surface area contributed by atoms with E-state index >= 15 is 0 Å². The summed E-state index contributed by atoms with van der Waals surface area (Å²) in [6, 6.07) is 16.9. The lowest BCUT2D eigenvalue weighted by Gasteiger charge is -2.18. The lowest BCUT2D eigenvalue weighted by molar-refractivity contribution is 0.195.